The van der Waals surface area contributed by atoms with Crippen LogP contribution in [0.4, 0.5) is 0 Å². The van der Waals surface area contributed by atoms with Crippen LogP contribution in [0.5, 0.6) is 0 Å². The number of methoxy groups -OCH3 is 1. The van der Waals surface area contributed by atoms with E-state index < -0.39 is 16.1 Å². The molecule has 0 aromatic heterocycles. The minimum Gasteiger partial charge on any atom is -0.395 e. The van der Waals surface area contributed by atoms with E-state index in [0.717, 1.165) is 25.7 Å². The molecule has 0 heterocycles. The van der Waals surface area contributed by atoms with Gasteiger partial charge in [0.25, 0.3) is 0 Å². The van der Waals surface area contributed by atoms with Gasteiger partial charge < -0.3 is 9.84 Å². The van der Waals surface area contributed by atoms with Crippen molar-refractivity contribution in [1.82, 2.24) is 4.72 Å². The zero-order valence-corrected chi connectivity index (χ0v) is 9.79. The molecule has 0 aliphatic heterocycles. The minimum absolute atomic E-state index is 0.197. The second-order valence-corrected chi connectivity index (χ2v) is 5.90. The first kappa shape index (κ1) is 12.9. The van der Waals surface area contributed by atoms with E-state index in [0.29, 0.717) is 0 Å². The number of aliphatic hydroxyl groups excluding tert-OH is 1. The van der Waals surface area contributed by atoms with Crippen LogP contribution in [-0.4, -0.2) is 45.1 Å². The summed E-state index contributed by atoms with van der Waals surface area (Å²) in [5.74, 6) is 0. The second-order valence-electron chi connectivity index (χ2n) is 3.90. The van der Waals surface area contributed by atoms with Crippen LogP contribution in [0.1, 0.15) is 25.7 Å². The van der Waals surface area contributed by atoms with Crippen molar-refractivity contribution in [3.05, 3.63) is 0 Å². The Labute approximate surface area is 90.9 Å². The van der Waals surface area contributed by atoms with Gasteiger partial charge in [0.05, 0.1) is 24.5 Å². The van der Waals surface area contributed by atoms with Crippen molar-refractivity contribution >= 4 is 10.0 Å². The molecule has 0 aromatic rings. The van der Waals surface area contributed by atoms with E-state index in [-0.39, 0.29) is 18.5 Å². The molecule has 5 nitrogen and oxygen atoms in total. The second kappa shape index (κ2) is 5.79. The number of aliphatic hydroxyl groups is 1. The molecule has 1 aliphatic rings. The van der Waals surface area contributed by atoms with Crippen LogP contribution in [0.15, 0.2) is 0 Å². The highest BCUT2D eigenvalue weighted by atomic mass is 32.2. The van der Waals surface area contributed by atoms with Gasteiger partial charge in [0.1, 0.15) is 0 Å². The molecule has 2 N–H and O–H groups in total. The molecular weight excluding hydrogens is 218 g/mol. The van der Waals surface area contributed by atoms with Crippen molar-refractivity contribution in [2.75, 3.05) is 20.3 Å². The maximum atomic E-state index is 11.8. The largest absolute Gasteiger partial charge is 0.395 e. The van der Waals surface area contributed by atoms with Crippen LogP contribution in [0, 0.1) is 0 Å². The lowest BCUT2D eigenvalue weighted by atomic mass is 10.4. The monoisotopic (exact) mass is 237 g/mol. The van der Waals surface area contributed by atoms with Crippen molar-refractivity contribution in [2.45, 2.75) is 37.0 Å². The topological polar surface area (TPSA) is 75.6 Å². The molecule has 0 bridgehead atoms. The summed E-state index contributed by atoms with van der Waals surface area (Å²) in [7, 11) is -1.80. The molecule has 0 spiro atoms. The van der Waals surface area contributed by atoms with E-state index in [1.54, 1.807) is 0 Å². The molecule has 90 valence electrons. The van der Waals surface area contributed by atoms with Gasteiger partial charge in [-0.1, -0.05) is 12.8 Å². The Morgan fingerprint density at radius 3 is 2.53 bits per heavy atom. The lowest BCUT2D eigenvalue weighted by molar-refractivity contribution is 0.139. The predicted molar refractivity (Wildman–Crippen MR) is 57.1 cm³/mol. The standard InChI is InChI=1S/C9H19NO4S/c1-14-7-8(6-11)10-15(12,13)9-4-2-3-5-9/h8-11H,2-7H2,1H3. The molecule has 15 heavy (non-hydrogen) atoms. The predicted octanol–water partition coefficient (Wildman–Crippen LogP) is -0.144. The van der Waals surface area contributed by atoms with Gasteiger partial charge in [-0.15, -0.1) is 0 Å². The molecular formula is C9H19NO4S. The first-order chi connectivity index (χ1) is 7.10. The van der Waals surface area contributed by atoms with Crippen molar-refractivity contribution in [2.24, 2.45) is 0 Å². The summed E-state index contributed by atoms with van der Waals surface area (Å²) in [6.45, 7) is -0.0394. The molecule has 1 fully saturated rings. The quantitative estimate of drug-likeness (QED) is 0.674. The third-order valence-corrected chi connectivity index (χ3v) is 4.67. The molecule has 1 rings (SSSR count). The van der Waals surface area contributed by atoms with Crippen LogP contribution in [0.2, 0.25) is 0 Å². The highest BCUT2D eigenvalue weighted by Gasteiger charge is 2.30. The average Bonchev–Trinajstić information content (AvgIpc) is 2.70. The highest BCUT2D eigenvalue weighted by Crippen LogP contribution is 2.24. The first-order valence-electron chi connectivity index (χ1n) is 5.21. The Bertz CT molecular complexity index is 272. The first-order valence-corrected chi connectivity index (χ1v) is 6.75. The Hall–Kier alpha value is -0.170. The van der Waals surface area contributed by atoms with Gasteiger partial charge in [-0.2, -0.15) is 0 Å². The molecule has 1 unspecified atom stereocenters. The molecule has 6 heteroatoms. The van der Waals surface area contributed by atoms with Gasteiger partial charge in [-0.3, -0.25) is 0 Å². The van der Waals surface area contributed by atoms with E-state index in [1.165, 1.54) is 7.11 Å². The van der Waals surface area contributed by atoms with Crippen LogP contribution >= 0.6 is 0 Å². The normalized spacial score (nSPS) is 20.7. The van der Waals surface area contributed by atoms with E-state index >= 15 is 0 Å². The Kier molecular flexibility index (Phi) is 4.98. The zero-order chi connectivity index (χ0) is 11.3. The molecule has 0 saturated heterocycles. The highest BCUT2D eigenvalue weighted by molar-refractivity contribution is 7.90. The number of nitrogens with one attached hydrogen (secondary N) is 1. The summed E-state index contributed by atoms with van der Waals surface area (Å²) in [5.41, 5.74) is 0. The van der Waals surface area contributed by atoms with Crippen LogP contribution in [0.3, 0.4) is 0 Å². The molecule has 0 amide bonds. The minimum atomic E-state index is -3.28. The summed E-state index contributed by atoms with van der Waals surface area (Å²) >= 11 is 0. The molecule has 1 saturated carbocycles. The van der Waals surface area contributed by atoms with Gasteiger partial charge in [-0.25, -0.2) is 13.1 Å². The maximum absolute atomic E-state index is 11.8. The van der Waals surface area contributed by atoms with Gasteiger partial charge >= 0.3 is 0 Å². The summed E-state index contributed by atoms with van der Waals surface area (Å²) < 4.78 is 30.9. The summed E-state index contributed by atoms with van der Waals surface area (Å²) in [4.78, 5) is 0. The lowest BCUT2D eigenvalue weighted by Gasteiger charge is -2.18. The number of hydrogen-bond donors (Lipinski definition) is 2. The van der Waals surface area contributed by atoms with Gasteiger partial charge in [0.15, 0.2) is 0 Å². The lowest BCUT2D eigenvalue weighted by Crippen LogP contribution is -2.44. The molecule has 0 aromatic carbocycles. The van der Waals surface area contributed by atoms with E-state index in [9.17, 15) is 8.42 Å². The van der Waals surface area contributed by atoms with Gasteiger partial charge in [0.2, 0.25) is 10.0 Å². The van der Waals surface area contributed by atoms with Crippen molar-refractivity contribution in [3.8, 4) is 0 Å². The average molecular weight is 237 g/mol. The number of sulfonamides is 1. The third-order valence-electron chi connectivity index (χ3n) is 2.66. The van der Waals surface area contributed by atoms with Crippen molar-refractivity contribution in [3.63, 3.8) is 0 Å². The van der Waals surface area contributed by atoms with Crippen LogP contribution < -0.4 is 4.72 Å². The molecule has 0 radical (unpaired) electrons. The molecule has 1 atom stereocenters. The van der Waals surface area contributed by atoms with E-state index in [1.807, 2.05) is 0 Å². The Balaban J connectivity index is 2.53. The zero-order valence-electron chi connectivity index (χ0n) is 8.98. The summed E-state index contributed by atoms with van der Waals surface area (Å²) in [6, 6.07) is -0.527. The van der Waals surface area contributed by atoms with Crippen LogP contribution in [0.25, 0.3) is 0 Å². The fourth-order valence-corrected chi connectivity index (χ4v) is 3.61. The van der Waals surface area contributed by atoms with E-state index in [4.69, 9.17) is 9.84 Å². The maximum Gasteiger partial charge on any atom is 0.214 e. The van der Waals surface area contributed by atoms with Gasteiger partial charge in [-0.05, 0) is 12.8 Å². The Morgan fingerprint density at radius 2 is 2.07 bits per heavy atom. The summed E-state index contributed by atoms with van der Waals surface area (Å²) in [6.07, 6.45) is 3.39. The third kappa shape index (κ3) is 3.71. The van der Waals surface area contributed by atoms with Crippen molar-refractivity contribution < 1.29 is 18.3 Å². The fraction of sp³-hybridized carbons (Fsp3) is 1.00. The van der Waals surface area contributed by atoms with Crippen molar-refractivity contribution in [1.29, 1.82) is 0 Å². The van der Waals surface area contributed by atoms with Gasteiger partial charge in [0, 0.05) is 7.11 Å². The van der Waals surface area contributed by atoms with E-state index in [2.05, 4.69) is 4.72 Å². The number of hydrogen-bond acceptors (Lipinski definition) is 4. The molecule has 1 aliphatic carbocycles. The smallest absolute Gasteiger partial charge is 0.214 e. The number of ether oxygens (including phenoxy) is 1. The van der Waals surface area contributed by atoms with Crippen LogP contribution in [-0.2, 0) is 14.8 Å². The fourth-order valence-electron chi connectivity index (χ4n) is 1.85. The Morgan fingerprint density at radius 1 is 1.47 bits per heavy atom. The number of rotatable bonds is 6. The summed E-state index contributed by atoms with van der Waals surface area (Å²) in [5, 5.41) is 8.67. The SMILES string of the molecule is COCC(CO)NS(=O)(=O)C1CCCC1.